The van der Waals surface area contributed by atoms with Crippen molar-refractivity contribution in [2.45, 2.75) is 18.6 Å². The van der Waals surface area contributed by atoms with E-state index in [9.17, 15) is 9.50 Å². The summed E-state index contributed by atoms with van der Waals surface area (Å²) in [5.74, 6) is 0.850. The summed E-state index contributed by atoms with van der Waals surface area (Å²) >= 11 is 3.49. The van der Waals surface area contributed by atoms with Gasteiger partial charge in [0.2, 0.25) is 0 Å². The van der Waals surface area contributed by atoms with Crippen LogP contribution in [0.1, 0.15) is 29.8 Å². The highest BCUT2D eigenvalue weighted by Gasteiger charge is 2.29. The number of hydrogen-bond acceptors (Lipinski definition) is 3. The Kier molecular flexibility index (Phi) is 3.87. The van der Waals surface area contributed by atoms with Crippen molar-refractivity contribution in [3.8, 4) is 11.5 Å². The van der Waals surface area contributed by atoms with Gasteiger partial charge in [-0.1, -0.05) is 15.9 Å². The second-order valence-electron chi connectivity index (χ2n) is 4.93. The third-order valence-electron chi connectivity index (χ3n) is 3.59. The van der Waals surface area contributed by atoms with Gasteiger partial charge in [0.05, 0.1) is 13.2 Å². The standard InChI is InChI=1S/C16H14BrFO3/c1-20-10-3-4-13(17)11(7-10)16-8-14(19)12-6-9(18)2-5-15(12)21-16/h2-7,14,16,19H,8H2,1H3. The van der Waals surface area contributed by atoms with E-state index >= 15 is 0 Å². The maximum Gasteiger partial charge on any atom is 0.128 e. The van der Waals surface area contributed by atoms with E-state index in [2.05, 4.69) is 15.9 Å². The van der Waals surface area contributed by atoms with Crippen LogP contribution in [0.15, 0.2) is 40.9 Å². The van der Waals surface area contributed by atoms with E-state index in [0.717, 1.165) is 15.8 Å². The third-order valence-corrected chi connectivity index (χ3v) is 4.31. The molecular formula is C16H14BrFO3. The van der Waals surface area contributed by atoms with Gasteiger partial charge in [0.25, 0.3) is 0 Å². The summed E-state index contributed by atoms with van der Waals surface area (Å²) in [6.45, 7) is 0. The Bertz CT molecular complexity index is 675. The Morgan fingerprint density at radius 2 is 2.05 bits per heavy atom. The van der Waals surface area contributed by atoms with Crippen LogP contribution in [-0.2, 0) is 0 Å². The molecule has 3 nitrogen and oxygen atoms in total. The minimum Gasteiger partial charge on any atom is -0.497 e. The van der Waals surface area contributed by atoms with Crippen LogP contribution >= 0.6 is 15.9 Å². The zero-order chi connectivity index (χ0) is 15.0. The second kappa shape index (κ2) is 5.66. The van der Waals surface area contributed by atoms with Crippen LogP contribution in [0, 0.1) is 5.82 Å². The van der Waals surface area contributed by atoms with Crippen LogP contribution in [0.4, 0.5) is 4.39 Å². The van der Waals surface area contributed by atoms with Crippen molar-refractivity contribution in [2.75, 3.05) is 7.11 Å². The number of hydrogen-bond donors (Lipinski definition) is 1. The minimum absolute atomic E-state index is 0.317. The molecule has 0 aliphatic carbocycles. The number of halogens is 2. The molecule has 2 aromatic carbocycles. The highest BCUT2D eigenvalue weighted by Crippen LogP contribution is 2.43. The number of ether oxygens (including phenoxy) is 2. The van der Waals surface area contributed by atoms with Crippen molar-refractivity contribution in [1.82, 2.24) is 0 Å². The van der Waals surface area contributed by atoms with Crippen LogP contribution < -0.4 is 9.47 Å². The fraction of sp³-hybridized carbons (Fsp3) is 0.250. The molecule has 1 aliphatic heterocycles. The van der Waals surface area contributed by atoms with E-state index in [1.165, 1.54) is 12.1 Å². The monoisotopic (exact) mass is 352 g/mol. The first-order chi connectivity index (χ1) is 10.1. The molecule has 0 bridgehead atoms. The highest BCUT2D eigenvalue weighted by atomic mass is 79.9. The lowest BCUT2D eigenvalue weighted by molar-refractivity contribution is 0.0649. The fourth-order valence-electron chi connectivity index (χ4n) is 2.50. The Hall–Kier alpha value is -1.59. The van der Waals surface area contributed by atoms with Crippen molar-refractivity contribution in [3.63, 3.8) is 0 Å². The summed E-state index contributed by atoms with van der Waals surface area (Å²) in [5, 5.41) is 10.2. The highest BCUT2D eigenvalue weighted by molar-refractivity contribution is 9.10. The number of aliphatic hydroxyl groups is 1. The zero-order valence-electron chi connectivity index (χ0n) is 11.3. The van der Waals surface area contributed by atoms with Crippen LogP contribution in [0.2, 0.25) is 0 Å². The van der Waals surface area contributed by atoms with E-state index in [-0.39, 0.29) is 11.9 Å². The van der Waals surface area contributed by atoms with Gasteiger partial charge in [-0.2, -0.15) is 0 Å². The Morgan fingerprint density at radius 1 is 1.24 bits per heavy atom. The lowest BCUT2D eigenvalue weighted by Gasteiger charge is -2.30. The average molecular weight is 353 g/mol. The fourth-order valence-corrected chi connectivity index (χ4v) is 3.01. The lowest BCUT2D eigenvalue weighted by atomic mass is 9.95. The van der Waals surface area contributed by atoms with E-state index in [0.29, 0.717) is 17.7 Å². The van der Waals surface area contributed by atoms with Crippen LogP contribution in [-0.4, -0.2) is 12.2 Å². The number of methoxy groups -OCH3 is 1. The molecule has 0 radical (unpaired) electrons. The average Bonchev–Trinajstić information content (AvgIpc) is 2.48. The van der Waals surface area contributed by atoms with E-state index in [4.69, 9.17) is 9.47 Å². The summed E-state index contributed by atoms with van der Waals surface area (Å²) in [6, 6.07) is 9.79. The molecule has 0 amide bonds. The van der Waals surface area contributed by atoms with Crippen molar-refractivity contribution in [1.29, 1.82) is 0 Å². The van der Waals surface area contributed by atoms with E-state index in [1.54, 1.807) is 13.2 Å². The van der Waals surface area contributed by atoms with Gasteiger partial charge in [0.1, 0.15) is 23.4 Å². The van der Waals surface area contributed by atoms with Crippen molar-refractivity contribution in [3.05, 3.63) is 57.8 Å². The first-order valence-corrected chi connectivity index (χ1v) is 7.35. The summed E-state index contributed by atoms with van der Waals surface area (Å²) in [4.78, 5) is 0. The van der Waals surface area contributed by atoms with Gasteiger partial charge in [0, 0.05) is 22.0 Å². The second-order valence-corrected chi connectivity index (χ2v) is 5.78. The molecule has 1 heterocycles. The van der Waals surface area contributed by atoms with Crippen molar-refractivity contribution < 1.29 is 19.0 Å². The summed E-state index contributed by atoms with van der Waals surface area (Å²) in [7, 11) is 1.60. The van der Waals surface area contributed by atoms with Gasteiger partial charge in [-0.05, 0) is 36.4 Å². The first-order valence-electron chi connectivity index (χ1n) is 6.56. The Labute approximate surface area is 130 Å². The number of aliphatic hydroxyl groups excluding tert-OH is 1. The normalized spacial score (nSPS) is 20.6. The van der Waals surface area contributed by atoms with Gasteiger partial charge < -0.3 is 14.6 Å². The van der Waals surface area contributed by atoms with Gasteiger partial charge in [-0.15, -0.1) is 0 Å². The van der Waals surface area contributed by atoms with Gasteiger partial charge in [-0.25, -0.2) is 4.39 Å². The summed E-state index contributed by atoms with van der Waals surface area (Å²) in [6.07, 6.45) is -0.711. The third kappa shape index (κ3) is 2.76. The molecule has 0 saturated carbocycles. The predicted molar refractivity (Wildman–Crippen MR) is 80.0 cm³/mol. The number of rotatable bonds is 2. The lowest BCUT2D eigenvalue weighted by Crippen LogP contribution is -2.19. The SMILES string of the molecule is COc1ccc(Br)c(C2CC(O)c3cc(F)ccc3O2)c1. The van der Waals surface area contributed by atoms with Crippen molar-refractivity contribution >= 4 is 15.9 Å². The molecule has 0 saturated heterocycles. The molecule has 2 aromatic rings. The molecule has 5 heteroatoms. The first kappa shape index (κ1) is 14.4. The zero-order valence-corrected chi connectivity index (χ0v) is 12.9. The van der Waals surface area contributed by atoms with E-state index in [1.807, 2.05) is 18.2 Å². The maximum absolute atomic E-state index is 13.3. The molecule has 2 atom stereocenters. The Morgan fingerprint density at radius 3 is 2.81 bits per heavy atom. The molecule has 0 fully saturated rings. The minimum atomic E-state index is -0.757. The molecule has 2 unspecified atom stereocenters. The van der Waals surface area contributed by atoms with Gasteiger partial charge >= 0.3 is 0 Å². The molecular weight excluding hydrogens is 339 g/mol. The molecule has 3 rings (SSSR count). The van der Waals surface area contributed by atoms with Gasteiger partial charge in [0.15, 0.2) is 0 Å². The topological polar surface area (TPSA) is 38.7 Å². The van der Waals surface area contributed by atoms with Gasteiger partial charge in [-0.3, -0.25) is 0 Å². The number of fused-ring (bicyclic) bond motifs is 1. The molecule has 21 heavy (non-hydrogen) atoms. The maximum atomic E-state index is 13.3. The largest absolute Gasteiger partial charge is 0.497 e. The smallest absolute Gasteiger partial charge is 0.128 e. The summed E-state index contributed by atoms with van der Waals surface area (Å²) < 4.78 is 25.3. The predicted octanol–water partition coefficient (Wildman–Crippen LogP) is 4.15. The van der Waals surface area contributed by atoms with E-state index < -0.39 is 6.10 Å². The molecule has 0 aromatic heterocycles. The molecule has 1 aliphatic rings. The van der Waals surface area contributed by atoms with Crippen LogP contribution in [0.25, 0.3) is 0 Å². The van der Waals surface area contributed by atoms with Crippen molar-refractivity contribution in [2.24, 2.45) is 0 Å². The quantitative estimate of drug-likeness (QED) is 0.882. The summed E-state index contributed by atoms with van der Waals surface area (Å²) in [5.41, 5.74) is 1.38. The molecule has 110 valence electrons. The number of benzene rings is 2. The molecule has 0 spiro atoms. The molecule has 1 N–H and O–H groups in total. The van der Waals surface area contributed by atoms with Crippen LogP contribution in [0.5, 0.6) is 11.5 Å². The van der Waals surface area contributed by atoms with Crippen LogP contribution in [0.3, 0.4) is 0 Å². The Balaban J connectivity index is 1.97.